The van der Waals surface area contributed by atoms with Crippen molar-refractivity contribution in [2.24, 2.45) is 0 Å². The molecule has 13 heteroatoms. The zero-order valence-electron chi connectivity index (χ0n) is 29.4. The van der Waals surface area contributed by atoms with E-state index in [1.807, 2.05) is 0 Å². The van der Waals surface area contributed by atoms with Crippen LogP contribution in [0.4, 0.5) is 5.69 Å². The van der Waals surface area contributed by atoms with Gasteiger partial charge in [-0.05, 0) is 30.7 Å². The number of ether oxygens (including phenoxy) is 10. The Morgan fingerprint density at radius 1 is 0.500 bits per heavy atom. The van der Waals surface area contributed by atoms with Crippen molar-refractivity contribution in [3.05, 3.63) is 24.3 Å². The highest BCUT2D eigenvalue weighted by atomic mass is 16.6. The van der Waals surface area contributed by atoms with Gasteiger partial charge in [0.2, 0.25) is 5.91 Å². The van der Waals surface area contributed by atoms with Gasteiger partial charge in [0.05, 0.1) is 106 Å². The highest BCUT2D eigenvalue weighted by Crippen LogP contribution is 2.15. The first kappa shape index (κ1) is 43.7. The third-order valence-corrected chi connectivity index (χ3v) is 6.50. The zero-order chi connectivity index (χ0) is 34.6. The van der Waals surface area contributed by atoms with Crippen molar-refractivity contribution in [1.82, 2.24) is 0 Å². The van der Waals surface area contributed by atoms with E-state index in [2.05, 4.69) is 12.2 Å². The Labute approximate surface area is 287 Å². The molecule has 13 nitrogen and oxygen atoms in total. The molecule has 0 aromatic heterocycles. The molecule has 48 heavy (non-hydrogen) atoms. The topological polar surface area (TPSA) is 138 Å². The molecule has 0 saturated carbocycles. The summed E-state index contributed by atoms with van der Waals surface area (Å²) in [7, 11) is 0. The van der Waals surface area contributed by atoms with E-state index >= 15 is 0 Å². The van der Waals surface area contributed by atoms with Crippen LogP contribution < -0.4 is 10.1 Å². The van der Waals surface area contributed by atoms with E-state index in [-0.39, 0.29) is 18.5 Å². The SMILES string of the molecule is CCCCCCCCC(=O)OCCOCCOCCOCCOCCOCCOCCOCCOCCOc1ccc(NC(C)=O)cc1. The Morgan fingerprint density at radius 2 is 0.875 bits per heavy atom. The van der Waals surface area contributed by atoms with Crippen LogP contribution in [0.15, 0.2) is 24.3 Å². The number of unbranched alkanes of at least 4 members (excludes halogenated alkanes) is 5. The maximum Gasteiger partial charge on any atom is 0.305 e. The van der Waals surface area contributed by atoms with Gasteiger partial charge in [-0.1, -0.05) is 39.0 Å². The lowest BCUT2D eigenvalue weighted by Gasteiger charge is -2.09. The molecule has 0 fully saturated rings. The van der Waals surface area contributed by atoms with Crippen molar-refractivity contribution < 1.29 is 57.0 Å². The van der Waals surface area contributed by atoms with Crippen LogP contribution >= 0.6 is 0 Å². The highest BCUT2D eigenvalue weighted by molar-refractivity contribution is 5.88. The molecule has 0 aliphatic heterocycles. The molecule has 0 atom stereocenters. The molecule has 0 aliphatic rings. The Balaban J connectivity index is 1.68. The molecule has 0 aliphatic carbocycles. The Morgan fingerprint density at radius 3 is 1.29 bits per heavy atom. The molecule has 0 saturated heterocycles. The van der Waals surface area contributed by atoms with Crippen molar-refractivity contribution in [1.29, 1.82) is 0 Å². The van der Waals surface area contributed by atoms with Gasteiger partial charge in [0.25, 0.3) is 0 Å². The Bertz CT molecular complexity index is 858. The van der Waals surface area contributed by atoms with E-state index < -0.39 is 0 Å². The largest absolute Gasteiger partial charge is 0.491 e. The van der Waals surface area contributed by atoms with Gasteiger partial charge < -0.3 is 52.7 Å². The van der Waals surface area contributed by atoms with Gasteiger partial charge in [0.15, 0.2) is 0 Å². The minimum absolute atomic E-state index is 0.109. The first-order valence-electron chi connectivity index (χ1n) is 17.4. The zero-order valence-corrected chi connectivity index (χ0v) is 29.4. The quantitative estimate of drug-likeness (QED) is 0.0788. The fraction of sp³-hybridized carbons (Fsp3) is 0.771. The number of benzene rings is 1. The summed E-state index contributed by atoms with van der Waals surface area (Å²) >= 11 is 0. The third kappa shape index (κ3) is 30.9. The molecule has 0 radical (unpaired) electrons. The summed E-state index contributed by atoms with van der Waals surface area (Å²) in [5, 5.41) is 2.71. The summed E-state index contributed by atoms with van der Waals surface area (Å²) in [6, 6.07) is 7.17. The molecule has 1 aromatic carbocycles. The molecule has 1 amide bonds. The van der Waals surface area contributed by atoms with Crippen molar-refractivity contribution >= 4 is 17.6 Å². The molecular weight excluding hydrogens is 626 g/mol. The molecule has 1 N–H and O–H groups in total. The molecule has 1 rings (SSSR count). The van der Waals surface area contributed by atoms with Crippen LogP contribution in [-0.4, -0.2) is 131 Å². The number of carbonyl (C=O) groups excluding carboxylic acids is 2. The van der Waals surface area contributed by atoms with Crippen LogP contribution in [0, 0.1) is 0 Å². The second-order valence-corrected chi connectivity index (χ2v) is 10.7. The number of hydrogen-bond acceptors (Lipinski definition) is 12. The highest BCUT2D eigenvalue weighted by Gasteiger charge is 2.03. The van der Waals surface area contributed by atoms with E-state index in [0.29, 0.717) is 124 Å². The van der Waals surface area contributed by atoms with Crippen LogP contribution in [0.1, 0.15) is 58.8 Å². The summed E-state index contributed by atoms with van der Waals surface area (Å²) in [5.41, 5.74) is 0.730. The average molecular weight is 688 g/mol. The van der Waals surface area contributed by atoms with Crippen LogP contribution in [0.3, 0.4) is 0 Å². The Kier molecular flexibility index (Phi) is 31.4. The van der Waals surface area contributed by atoms with E-state index in [4.69, 9.17) is 47.4 Å². The second-order valence-electron chi connectivity index (χ2n) is 10.7. The predicted octanol–water partition coefficient (Wildman–Crippen LogP) is 4.45. The first-order valence-corrected chi connectivity index (χ1v) is 17.4. The molecule has 0 unspecified atom stereocenters. The Hall–Kier alpha value is -2.36. The first-order chi connectivity index (χ1) is 23.6. The predicted molar refractivity (Wildman–Crippen MR) is 182 cm³/mol. The number of carbonyl (C=O) groups is 2. The number of rotatable bonds is 36. The van der Waals surface area contributed by atoms with Gasteiger partial charge in [-0.25, -0.2) is 0 Å². The van der Waals surface area contributed by atoms with Gasteiger partial charge in [-0.15, -0.1) is 0 Å². The second kappa shape index (κ2) is 34.5. The van der Waals surface area contributed by atoms with E-state index in [1.54, 1.807) is 24.3 Å². The van der Waals surface area contributed by atoms with Gasteiger partial charge >= 0.3 is 5.97 Å². The fourth-order valence-electron chi connectivity index (χ4n) is 4.03. The van der Waals surface area contributed by atoms with E-state index in [9.17, 15) is 9.59 Å². The number of amides is 1. The van der Waals surface area contributed by atoms with Gasteiger partial charge in [-0.2, -0.15) is 0 Å². The standard InChI is InChI=1S/C35H61NO12/c1-3-4-5-6-7-8-9-35(38)48-31-29-46-27-25-44-23-21-42-19-17-40-15-14-39-16-18-41-20-22-43-24-26-45-28-30-47-34-12-10-33(11-13-34)36-32(2)37/h10-13H,3-9,14-31H2,1-2H3,(H,36,37). The van der Waals surface area contributed by atoms with Crippen molar-refractivity contribution in [2.75, 3.05) is 124 Å². The lowest BCUT2D eigenvalue weighted by molar-refractivity contribution is -0.145. The molecule has 0 bridgehead atoms. The van der Waals surface area contributed by atoms with Gasteiger partial charge in [-0.3, -0.25) is 9.59 Å². The summed E-state index contributed by atoms with van der Waals surface area (Å²) in [5.74, 6) is 0.459. The maximum absolute atomic E-state index is 11.7. The summed E-state index contributed by atoms with van der Waals surface area (Å²) in [4.78, 5) is 22.7. The van der Waals surface area contributed by atoms with Crippen molar-refractivity contribution in [2.45, 2.75) is 58.8 Å². The van der Waals surface area contributed by atoms with Crippen LogP contribution in [0.5, 0.6) is 5.75 Å². The van der Waals surface area contributed by atoms with E-state index in [1.165, 1.54) is 32.6 Å². The minimum atomic E-state index is -0.146. The number of esters is 1. The number of nitrogens with one attached hydrogen (secondary N) is 1. The maximum atomic E-state index is 11.7. The number of anilines is 1. The smallest absolute Gasteiger partial charge is 0.305 e. The minimum Gasteiger partial charge on any atom is -0.491 e. The third-order valence-electron chi connectivity index (χ3n) is 6.50. The lowest BCUT2D eigenvalue weighted by Crippen LogP contribution is -2.15. The van der Waals surface area contributed by atoms with Gasteiger partial charge in [0.1, 0.15) is 19.0 Å². The van der Waals surface area contributed by atoms with Crippen LogP contribution in [-0.2, 0) is 52.2 Å². The van der Waals surface area contributed by atoms with E-state index in [0.717, 1.165) is 18.5 Å². The summed E-state index contributed by atoms with van der Waals surface area (Å²) in [6.07, 6.45) is 7.40. The molecule has 0 heterocycles. The monoisotopic (exact) mass is 687 g/mol. The summed E-state index contributed by atoms with van der Waals surface area (Å²) in [6.45, 7) is 12.0. The van der Waals surface area contributed by atoms with Gasteiger partial charge in [0, 0.05) is 19.0 Å². The number of hydrogen-bond donors (Lipinski definition) is 1. The molecule has 0 spiro atoms. The lowest BCUT2D eigenvalue weighted by atomic mass is 10.1. The summed E-state index contributed by atoms with van der Waals surface area (Å²) < 4.78 is 54.5. The van der Waals surface area contributed by atoms with Crippen molar-refractivity contribution in [3.8, 4) is 5.75 Å². The molecule has 1 aromatic rings. The molecular formula is C35H61NO12. The normalized spacial score (nSPS) is 11.1. The molecule has 278 valence electrons. The van der Waals surface area contributed by atoms with Crippen LogP contribution in [0.25, 0.3) is 0 Å². The van der Waals surface area contributed by atoms with Crippen molar-refractivity contribution in [3.63, 3.8) is 0 Å². The van der Waals surface area contributed by atoms with Crippen LogP contribution in [0.2, 0.25) is 0 Å². The fourth-order valence-corrected chi connectivity index (χ4v) is 4.03. The average Bonchev–Trinajstić information content (AvgIpc) is 3.08.